The summed E-state index contributed by atoms with van der Waals surface area (Å²) in [7, 11) is 0. The highest BCUT2D eigenvalue weighted by Gasteiger charge is 2.35. The van der Waals surface area contributed by atoms with Gasteiger partial charge in [-0.25, -0.2) is 9.97 Å². The molecule has 3 aromatic heterocycles. The Morgan fingerprint density at radius 2 is 1.02 bits per heavy atom. The van der Waals surface area contributed by atoms with E-state index in [0.29, 0.717) is 5.95 Å². The van der Waals surface area contributed by atoms with Crippen LogP contribution in [0.25, 0.3) is 110 Å². The number of para-hydroxylation sites is 2. The molecule has 9 aromatic carbocycles. The Balaban J connectivity index is 1.11. The van der Waals surface area contributed by atoms with Crippen LogP contribution < -0.4 is 0 Å². The van der Waals surface area contributed by atoms with Crippen LogP contribution in [0.3, 0.4) is 0 Å². The van der Waals surface area contributed by atoms with Gasteiger partial charge in [0.25, 0.3) is 0 Å². The van der Waals surface area contributed by atoms with Crippen LogP contribution in [-0.4, -0.2) is 19.1 Å². The summed E-state index contributed by atoms with van der Waals surface area (Å²) in [4.78, 5) is 11.0. The molecule has 12 aromatic rings. The minimum atomic E-state index is -0.128. The Labute approximate surface area is 340 Å². The molecule has 0 saturated carbocycles. The zero-order valence-corrected chi connectivity index (χ0v) is 32.6. The maximum Gasteiger partial charge on any atom is 0.235 e. The fourth-order valence-electron chi connectivity index (χ4n) is 10.4. The molecule has 1 aliphatic carbocycles. The van der Waals surface area contributed by atoms with Gasteiger partial charge >= 0.3 is 0 Å². The summed E-state index contributed by atoms with van der Waals surface area (Å²) in [6, 6.07) is 66.3. The van der Waals surface area contributed by atoms with Gasteiger partial charge in [-0.3, -0.25) is 4.57 Å². The number of hydrogen-bond acceptors (Lipinski definition) is 2. The first-order chi connectivity index (χ1) is 29.0. The Morgan fingerprint density at radius 1 is 0.407 bits per heavy atom. The molecule has 0 spiro atoms. The van der Waals surface area contributed by atoms with Crippen molar-refractivity contribution in [1.82, 2.24) is 19.1 Å². The van der Waals surface area contributed by atoms with Gasteiger partial charge in [-0.1, -0.05) is 153 Å². The van der Waals surface area contributed by atoms with E-state index >= 15 is 0 Å². The van der Waals surface area contributed by atoms with Crippen LogP contribution in [-0.2, 0) is 5.41 Å². The van der Waals surface area contributed by atoms with Gasteiger partial charge in [0.15, 0.2) is 0 Å². The number of aromatic nitrogens is 4. The highest BCUT2D eigenvalue weighted by atomic mass is 15.2. The highest BCUT2D eigenvalue weighted by Crippen LogP contribution is 2.50. The molecule has 0 radical (unpaired) electrons. The maximum atomic E-state index is 5.59. The summed E-state index contributed by atoms with van der Waals surface area (Å²) in [5.41, 5.74) is 13.7. The van der Waals surface area contributed by atoms with Gasteiger partial charge in [0.1, 0.15) is 0 Å². The van der Waals surface area contributed by atoms with E-state index in [2.05, 4.69) is 205 Å². The van der Waals surface area contributed by atoms with Crippen LogP contribution in [0.2, 0.25) is 0 Å². The molecule has 0 atom stereocenters. The fraction of sp³-hybridized carbons (Fsp3) is 0.0545. The van der Waals surface area contributed by atoms with E-state index in [4.69, 9.17) is 9.97 Å². The number of benzene rings is 9. The molecule has 0 amide bonds. The smallest absolute Gasteiger partial charge is 0.235 e. The number of fused-ring (bicyclic) bond motifs is 14. The van der Waals surface area contributed by atoms with Gasteiger partial charge in [0, 0.05) is 43.6 Å². The molecule has 0 N–H and O–H groups in total. The minimum Gasteiger partial charge on any atom is -0.309 e. The molecule has 4 heteroatoms. The number of hydrogen-bond donors (Lipinski definition) is 0. The number of rotatable bonds is 3. The molecule has 276 valence electrons. The van der Waals surface area contributed by atoms with Gasteiger partial charge in [0.2, 0.25) is 5.95 Å². The van der Waals surface area contributed by atoms with Crippen LogP contribution in [0.15, 0.2) is 182 Å². The summed E-state index contributed by atoms with van der Waals surface area (Å²) in [5, 5.41) is 10.8. The second kappa shape index (κ2) is 11.7. The SMILES string of the molecule is CC1(C)c2ccccc2-c2ccc(-c3nc(-n4c5cc(-n6c7ccccc7c7c8ccccc8ccc76)ccc5c5c6ccccc6ccc54)nc4ccccc34)cc21. The van der Waals surface area contributed by atoms with Crippen molar-refractivity contribution in [3.8, 4) is 34.0 Å². The van der Waals surface area contributed by atoms with Gasteiger partial charge < -0.3 is 4.57 Å². The summed E-state index contributed by atoms with van der Waals surface area (Å²) in [6.45, 7) is 4.68. The summed E-state index contributed by atoms with van der Waals surface area (Å²) in [5.74, 6) is 0.655. The molecule has 13 rings (SSSR count). The Kier molecular flexibility index (Phi) is 6.48. The van der Waals surface area contributed by atoms with E-state index in [1.807, 2.05) is 0 Å². The van der Waals surface area contributed by atoms with Crippen LogP contribution >= 0.6 is 0 Å². The van der Waals surface area contributed by atoms with Crippen LogP contribution in [0.5, 0.6) is 0 Å². The summed E-state index contributed by atoms with van der Waals surface area (Å²) >= 11 is 0. The molecular formula is C55H36N4. The van der Waals surface area contributed by atoms with Gasteiger partial charge in [0.05, 0.1) is 33.3 Å². The van der Waals surface area contributed by atoms with Crippen molar-refractivity contribution in [2.45, 2.75) is 19.3 Å². The quantitative estimate of drug-likeness (QED) is 0.180. The van der Waals surface area contributed by atoms with E-state index in [-0.39, 0.29) is 5.41 Å². The van der Waals surface area contributed by atoms with Crippen molar-refractivity contribution >= 4 is 76.1 Å². The van der Waals surface area contributed by atoms with E-state index in [1.165, 1.54) is 76.4 Å². The summed E-state index contributed by atoms with van der Waals surface area (Å²) < 4.78 is 4.72. The Hall–Kier alpha value is -7.56. The second-order valence-electron chi connectivity index (χ2n) is 16.6. The van der Waals surface area contributed by atoms with Crippen molar-refractivity contribution in [3.05, 3.63) is 193 Å². The third-order valence-electron chi connectivity index (χ3n) is 13.1. The monoisotopic (exact) mass is 752 g/mol. The van der Waals surface area contributed by atoms with Crippen molar-refractivity contribution in [2.24, 2.45) is 0 Å². The standard InChI is InChI=1S/C55H36N4/c1-55(2)44-20-10-7-17-39(44)40-27-23-35(31-45(40)55)53-41-18-8-11-21-46(41)56-54(57-53)59-49-30-25-34-14-4-6-16-38(34)52(49)43-28-26-36(32-50(43)59)58-47-22-12-9-19-42(47)51-37-15-5-3-13-33(37)24-29-48(51)58/h3-32H,1-2H3. The second-order valence-corrected chi connectivity index (χ2v) is 16.6. The van der Waals surface area contributed by atoms with Crippen LogP contribution in [0, 0.1) is 0 Å². The molecule has 0 saturated heterocycles. The fourth-order valence-corrected chi connectivity index (χ4v) is 10.4. The first-order valence-corrected chi connectivity index (χ1v) is 20.4. The predicted octanol–water partition coefficient (Wildman–Crippen LogP) is 14.1. The molecule has 0 aliphatic heterocycles. The third kappa shape index (κ3) is 4.43. The largest absolute Gasteiger partial charge is 0.309 e. The van der Waals surface area contributed by atoms with Gasteiger partial charge in [-0.2, -0.15) is 0 Å². The first kappa shape index (κ1) is 32.5. The molecule has 1 aliphatic rings. The van der Waals surface area contributed by atoms with Crippen molar-refractivity contribution in [2.75, 3.05) is 0 Å². The highest BCUT2D eigenvalue weighted by molar-refractivity contribution is 6.23. The van der Waals surface area contributed by atoms with E-state index in [1.54, 1.807) is 0 Å². The van der Waals surface area contributed by atoms with Gasteiger partial charge in [-0.05, 0) is 86.3 Å². The first-order valence-electron chi connectivity index (χ1n) is 20.4. The molecule has 0 unspecified atom stereocenters. The lowest BCUT2D eigenvalue weighted by molar-refractivity contribution is 0.660. The average molecular weight is 753 g/mol. The normalized spacial score (nSPS) is 13.4. The van der Waals surface area contributed by atoms with Crippen molar-refractivity contribution in [1.29, 1.82) is 0 Å². The Bertz CT molecular complexity index is 3770. The van der Waals surface area contributed by atoms with Crippen LogP contribution in [0.1, 0.15) is 25.0 Å². The van der Waals surface area contributed by atoms with Gasteiger partial charge in [-0.15, -0.1) is 0 Å². The average Bonchev–Trinajstić information content (AvgIpc) is 3.89. The molecule has 0 fully saturated rings. The lowest BCUT2D eigenvalue weighted by Crippen LogP contribution is -2.15. The lowest BCUT2D eigenvalue weighted by Gasteiger charge is -2.22. The molecular weight excluding hydrogens is 717 g/mol. The maximum absolute atomic E-state index is 5.59. The lowest BCUT2D eigenvalue weighted by atomic mass is 9.82. The molecule has 3 heterocycles. The van der Waals surface area contributed by atoms with E-state index < -0.39 is 0 Å². The topological polar surface area (TPSA) is 35.6 Å². The number of nitrogens with zero attached hydrogens (tertiary/aromatic N) is 4. The zero-order chi connectivity index (χ0) is 39.0. The third-order valence-corrected chi connectivity index (χ3v) is 13.1. The minimum absolute atomic E-state index is 0.128. The molecule has 0 bridgehead atoms. The molecule has 4 nitrogen and oxygen atoms in total. The van der Waals surface area contributed by atoms with Crippen LogP contribution in [0.4, 0.5) is 0 Å². The molecule has 59 heavy (non-hydrogen) atoms. The Morgan fingerprint density at radius 3 is 1.80 bits per heavy atom. The summed E-state index contributed by atoms with van der Waals surface area (Å²) in [6.07, 6.45) is 0. The van der Waals surface area contributed by atoms with E-state index in [0.717, 1.165) is 38.9 Å². The van der Waals surface area contributed by atoms with E-state index in [9.17, 15) is 0 Å². The predicted molar refractivity (Wildman–Crippen MR) is 246 cm³/mol. The van der Waals surface area contributed by atoms with Crippen molar-refractivity contribution < 1.29 is 0 Å². The van der Waals surface area contributed by atoms with Crippen molar-refractivity contribution in [3.63, 3.8) is 0 Å². The zero-order valence-electron chi connectivity index (χ0n) is 32.6.